The Bertz CT molecular complexity index is 1270. The van der Waals surface area contributed by atoms with E-state index in [0.29, 0.717) is 47.1 Å². The number of ether oxygens (including phenoxy) is 1. The Hall–Kier alpha value is -3.03. The molecule has 0 saturated heterocycles. The van der Waals surface area contributed by atoms with Gasteiger partial charge in [0.15, 0.2) is 0 Å². The number of anilines is 2. The van der Waals surface area contributed by atoms with Crippen molar-refractivity contribution in [3.8, 4) is 5.75 Å². The average Bonchev–Trinajstić information content (AvgIpc) is 2.78. The number of carbonyl (C=O) groups excluding carboxylic acids is 1. The van der Waals surface area contributed by atoms with Crippen LogP contribution in [0.3, 0.4) is 0 Å². The van der Waals surface area contributed by atoms with Crippen molar-refractivity contribution in [2.45, 2.75) is 24.7 Å². The molecule has 1 aliphatic heterocycles. The number of carbonyl (C=O) groups is 1. The minimum atomic E-state index is -3.69. The van der Waals surface area contributed by atoms with E-state index in [1.54, 1.807) is 60.7 Å². The van der Waals surface area contributed by atoms with E-state index in [1.807, 2.05) is 6.92 Å². The fourth-order valence-corrected chi connectivity index (χ4v) is 5.48. The molecule has 1 heterocycles. The number of nitrogens with one attached hydrogen (secondary N) is 1. The van der Waals surface area contributed by atoms with Crippen LogP contribution < -0.4 is 14.4 Å². The third-order valence-corrected chi connectivity index (χ3v) is 7.50. The molecule has 0 unspecified atom stereocenters. The first kappa shape index (κ1) is 22.2. The van der Waals surface area contributed by atoms with Crippen LogP contribution in [0.1, 0.15) is 27.9 Å². The quantitative estimate of drug-likeness (QED) is 0.566. The largest absolute Gasteiger partial charge is 0.495 e. The molecular weight excluding hydrogens is 448 g/mol. The summed E-state index contributed by atoms with van der Waals surface area (Å²) in [6.07, 6.45) is 1.36. The molecular formula is C24H23ClN2O4S. The van der Waals surface area contributed by atoms with Crippen LogP contribution in [0.5, 0.6) is 5.75 Å². The number of methoxy groups -OCH3 is 1. The van der Waals surface area contributed by atoms with Crippen LogP contribution in [0.2, 0.25) is 5.02 Å². The normalized spacial score (nSPS) is 13.4. The van der Waals surface area contributed by atoms with Crippen LogP contribution in [-0.4, -0.2) is 28.0 Å². The number of sulfonamides is 1. The lowest BCUT2D eigenvalue weighted by Crippen LogP contribution is -2.35. The number of rotatable bonds is 5. The maximum atomic E-state index is 13.2. The second-order valence-corrected chi connectivity index (χ2v) is 9.93. The van der Waals surface area contributed by atoms with Gasteiger partial charge in [-0.25, -0.2) is 8.42 Å². The van der Waals surface area contributed by atoms with Gasteiger partial charge in [-0.1, -0.05) is 29.3 Å². The minimum absolute atomic E-state index is 0.255. The zero-order valence-corrected chi connectivity index (χ0v) is 19.3. The number of hydrogen-bond donors (Lipinski definition) is 1. The third-order valence-electron chi connectivity index (χ3n) is 5.44. The monoisotopic (exact) mass is 470 g/mol. The summed E-state index contributed by atoms with van der Waals surface area (Å²) in [4.78, 5) is 13.1. The Labute approximate surface area is 192 Å². The summed E-state index contributed by atoms with van der Waals surface area (Å²) >= 11 is 6.05. The zero-order chi connectivity index (χ0) is 22.9. The Balaban J connectivity index is 1.63. The van der Waals surface area contributed by atoms with Crippen LogP contribution >= 0.6 is 11.6 Å². The highest BCUT2D eigenvalue weighted by atomic mass is 35.5. The lowest BCUT2D eigenvalue weighted by Gasteiger charge is -2.30. The van der Waals surface area contributed by atoms with Crippen molar-refractivity contribution in [1.82, 2.24) is 0 Å². The summed E-state index contributed by atoms with van der Waals surface area (Å²) in [6, 6.07) is 16.9. The summed E-state index contributed by atoms with van der Waals surface area (Å²) in [6.45, 7) is 2.31. The van der Waals surface area contributed by atoms with Gasteiger partial charge in [0.05, 0.1) is 23.4 Å². The molecule has 0 aliphatic carbocycles. The van der Waals surface area contributed by atoms with Gasteiger partial charge in [0.2, 0.25) is 0 Å². The van der Waals surface area contributed by atoms with E-state index < -0.39 is 10.0 Å². The molecule has 0 bridgehead atoms. The van der Waals surface area contributed by atoms with Crippen molar-refractivity contribution < 1.29 is 17.9 Å². The van der Waals surface area contributed by atoms with Crippen molar-refractivity contribution in [3.05, 3.63) is 82.4 Å². The summed E-state index contributed by atoms with van der Waals surface area (Å²) in [5, 5.41) is 3.29. The van der Waals surface area contributed by atoms with Gasteiger partial charge in [0.1, 0.15) is 5.75 Å². The highest BCUT2D eigenvalue weighted by Gasteiger charge is 2.29. The average molecular weight is 471 g/mol. The van der Waals surface area contributed by atoms with Gasteiger partial charge in [-0.2, -0.15) is 0 Å². The van der Waals surface area contributed by atoms with Crippen LogP contribution in [0.25, 0.3) is 0 Å². The number of nitrogens with zero attached hydrogens (tertiary/aromatic N) is 1. The molecule has 3 aromatic rings. The number of benzene rings is 3. The SMILES string of the molecule is COc1ccc(Cl)cc1NC(=O)c1ccc2c(c1)CCCN2S(=O)(=O)c1ccc(C)cc1. The Morgan fingerprint density at radius 2 is 1.81 bits per heavy atom. The summed E-state index contributed by atoms with van der Waals surface area (Å²) in [5.41, 5.74) is 3.31. The van der Waals surface area contributed by atoms with Crippen LogP contribution in [0.4, 0.5) is 11.4 Å². The van der Waals surface area contributed by atoms with E-state index in [9.17, 15) is 13.2 Å². The topological polar surface area (TPSA) is 75.7 Å². The number of amides is 1. The smallest absolute Gasteiger partial charge is 0.264 e. The van der Waals surface area contributed by atoms with Crippen LogP contribution in [-0.2, 0) is 16.4 Å². The first-order valence-electron chi connectivity index (χ1n) is 10.2. The standard InChI is InChI=1S/C24H23ClN2O4S/c1-16-5-9-20(10-6-16)32(29,30)27-13-3-4-17-14-18(7-11-22(17)27)24(28)26-21-15-19(25)8-12-23(21)31-2/h5-12,14-15H,3-4,13H2,1-2H3,(H,26,28). The molecule has 6 nitrogen and oxygen atoms in total. The molecule has 4 rings (SSSR count). The minimum Gasteiger partial charge on any atom is -0.495 e. The summed E-state index contributed by atoms with van der Waals surface area (Å²) < 4.78 is 33.2. The predicted molar refractivity (Wildman–Crippen MR) is 126 cm³/mol. The molecule has 0 saturated carbocycles. The fourth-order valence-electron chi connectivity index (χ4n) is 3.76. The molecule has 1 amide bonds. The zero-order valence-electron chi connectivity index (χ0n) is 17.8. The number of fused-ring (bicyclic) bond motifs is 1. The van der Waals surface area contributed by atoms with Gasteiger partial charge in [0, 0.05) is 17.1 Å². The molecule has 0 fully saturated rings. The van der Waals surface area contributed by atoms with E-state index >= 15 is 0 Å². The third kappa shape index (κ3) is 4.31. The molecule has 0 spiro atoms. The van der Waals surface area contributed by atoms with E-state index in [1.165, 1.54) is 11.4 Å². The van der Waals surface area contributed by atoms with Crippen LogP contribution in [0, 0.1) is 6.92 Å². The maximum Gasteiger partial charge on any atom is 0.264 e. The lowest BCUT2D eigenvalue weighted by atomic mass is 10.0. The van der Waals surface area contributed by atoms with Crippen molar-refractivity contribution in [1.29, 1.82) is 0 Å². The van der Waals surface area contributed by atoms with Crippen LogP contribution in [0.15, 0.2) is 65.6 Å². The van der Waals surface area contributed by atoms with E-state index in [-0.39, 0.29) is 10.8 Å². The molecule has 1 aliphatic rings. The molecule has 0 atom stereocenters. The molecule has 32 heavy (non-hydrogen) atoms. The highest BCUT2D eigenvalue weighted by Crippen LogP contribution is 2.33. The first-order valence-corrected chi connectivity index (χ1v) is 12.0. The lowest BCUT2D eigenvalue weighted by molar-refractivity contribution is 0.102. The van der Waals surface area contributed by atoms with Gasteiger partial charge < -0.3 is 10.1 Å². The van der Waals surface area contributed by atoms with Gasteiger partial charge in [-0.3, -0.25) is 9.10 Å². The molecule has 8 heteroatoms. The highest BCUT2D eigenvalue weighted by molar-refractivity contribution is 7.92. The molecule has 0 aromatic heterocycles. The number of aryl methyl sites for hydroxylation is 2. The molecule has 1 N–H and O–H groups in total. The van der Waals surface area contributed by atoms with Crippen molar-refractivity contribution in [2.75, 3.05) is 23.3 Å². The molecule has 166 valence electrons. The second kappa shape index (κ2) is 8.84. The maximum absolute atomic E-state index is 13.2. The van der Waals surface area contributed by atoms with Crippen molar-refractivity contribution in [2.24, 2.45) is 0 Å². The Morgan fingerprint density at radius 3 is 2.53 bits per heavy atom. The fraction of sp³-hybridized carbons (Fsp3) is 0.208. The Morgan fingerprint density at radius 1 is 1.06 bits per heavy atom. The summed E-state index contributed by atoms with van der Waals surface area (Å²) in [7, 11) is -2.17. The second-order valence-electron chi connectivity index (χ2n) is 7.64. The van der Waals surface area contributed by atoms with Gasteiger partial charge in [0.25, 0.3) is 15.9 Å². The van der Waals surface area contributed by atoms with Crippen molar-refractivity contribution >= 4 is 38.9 Å². The van der Waals surface area contributed by atoms with Gasteiger partial charge in [-0.05, 0) is 73.9 Å². The predicted octanol–water partition coefficient (Wildman–Crippen LogP) is 5.05. The van der Waals surface area contributed by atoms with Gasteiger partial charge >= 0.3 is 0 Å². The summed E-state index contributed by atoms with van der Waals surface area (Å²) in [5.74, 6) is 0.169. The number of hydrogen-bond acceptors (Lipinski definition) is 4. The molecule has 0 radical (unpaired) electrons. The van der Waals surface area contributed by atoms with E-state index in [0.717, 1.165) is 11.1 Å². The van der Waals surface area contributed by atoms with Gasteiger partial charge in [-0.15, -0.1) is 0 Å². The Kier molecular flexibility index (Phi) is 6.13. The molecule has 3 aromatic carbocycles. The first-order chi connectivity index (χ1) is 15.3. The van der Waals surface area contributed by atoms with E-state index in [2.05, 4.69) is 5.32 Å². The number of halogens is 1. The van der Waals surface area contributed by atoms with Crippen molar-refractivity contribution in [3.63, 3.8) is 0 Å². The van der Waals surface area contributed by atoms with E-state index in [4.69, 9.17) is 16.3 Å².